The summed E-state index contributed by atoms with van der Waals surface area (Å²) in [6.45, 7) is 7.07. The molecule has 0 saturated carbocycles. The zero-order valence-corrected chi connectivity index (χ0v) is 10.9. The predicted molar refractivity (Wildman–Crippen MR) is 72.4 cm³/mol. The summed E-state index contributed by atoms with van der Waals surface area (Å²) in [6.07, 6.45) is 2.69. The lowest BCUT2D eigenvalue weighted by Gasteiger charge is -2.20. The van der Waals surface area contributed by atoms with Gasteiger partial charge in [0.15, 0.2) is 0 Å². The molecule has 2 nitrogen and oxygen atoms in total. The molecule has 0 spiro atoms. The lowest BCUT2D eigenvalue weighted by atomic mass is 10.1. The van der Waals surface area contributed by atoms with Crippen LogP contribution in [0.5, 0.6) is 0 Å². The van der Waals surface area contributed by atoms with Gasteiger partial charge in [-0.15, -0.1) is 18.2 Å². The highest BCUT2D eigenvalue weighted by Gasteiger charge is 2.13. The number of amides is 1. The third kappa shape index (κ3) is 3.90. The number of alkyl halides is 1. The van der Waals surface area contributed by atoms with Crippen LogP contribution in [-0.2, 0) is 5.88 Å². The Bertz CT molecular complexity index is 372. The predicted octanol–water partition coefficient (Wildman–Crippen LogP) is 3.46. The van der Waals surface area contributed by atoms with Crippen LogP contribution in [-0.4, -0.2) is 23.9 Å². The van der Waals surface area contributed by atoms with Gasteiger partial charge in [0.2, 0.25) is 0 Å². The summed E-state index contributed by atoms with van der Waals surface area (Å²) >= 11 is 5.71. The van der Waals surface area contributed by atoms with Gasteiger partial charge in [0.05, 0.1) is 0 Å². The Balaban J connectivity index is 2.80. The summed E-state index contributed by atoms with van der Waals surface area (Å²) in [5, 5.41) is 0. The molecule has 3 heteroatoms. The minimum absolute atomic E-state index is 0.0490. The third-order valence-corrected chi connectivity index (χ3v) is 2.79. The number of rotatable bonds is 6. The van der Waals surface area contributed by atoms with E-state index in [-0.39, 0.29) is 5.91 Å². The summed E-state index contributed by atoms with van der Waals surface area (Å²) in [7, 11) is 0. The summed E-state index contributed by atoms with van der Waals surface area (Å²) in [5.41, 5.74) is 1.73. The van der Waals surface area contributed by atoms with Crippen LogP contribution in [0.4, 0.5) is 0 Å². The van der Waals surface area contributed by atoms with Crippen LogP contribution in [0.3, 0.4) is 0 Å². The molecule has 92 valence electrons. The van der Waals surface area contributed by atoms with Crippen LogP contribution in [0, 0.1) is 0 Å². The second-order valence-electron chi connectivity index (χ2n) is 3.87. The molecule has 0 radical (unpaired) electrons. The largest absolute Gasteiger partial charge is 0.335 e. The first kappa shape index (κ1) is 13.8. The normalized spacial score (nSPS) is 10.0. The Labute approximate surface area is 108 Å². The Kier molecular flexibility index (Phi) is 5.78. The molecule has 0 bridgehead atoms. The van der Waals surface area contributed by atoms with Gasteiger partial charge in [0.1, 0.15) is 0 Å². The van der Waals surface area contributed by atoms with E-state index in [1.165, 1.54) is 0 Å². The number of halogens is 1. The maximum absolute atomic E-state index is 12.2. The lowest BCUT2D eigenvalue weighted by Crippen LogP contribution is -2.31. The average molecular weight is 252 g/mol. The number of nitrogens with zero attached hydrogens (tertiary/aromatic N) is 1. The summed E-state index contributed by atoms with van der Waals surface area (Å²) in [5.74, 6) is 0.521. The van der Waals surface area contributed by atoms with E-state index >= 15 is 0 Å². The van der Waals surface area contributed by atoms with Crippen molar-refractivity contribution in [3.8, 4) is 0 Å². The summed E-state index contributed by atoms with van der Waals surface area (Å²) < 4.78 is 0. The van der Waals surface area contributed by atoms with Crippen LogP contribution in [0.2, 0.25) is 0 Å². The van der Waals surface area contributed by atoms with Crippen LogP contribution in [0.15, 0.2) is 36.9 Å². The van der Waals surface area contributed by atoms with Crippen LogP contribution < -0.4 is 0 Å². The Morgan fingerprint density at radius 3 is 2.53 bits per heavy atom. The van der Waals surface area contributed by atoms with Gasteiger partial charge >= 0.3 is 0 Å². The Morgan fingerprint density at radius 1 is 1.41 bits per heavy atom. The van der Waals surface area contributed by atoms with E-state index in [1.807, 2.05) is 24.3 Å². The van der Waals surface area contributed by atoms with E-state index in [4.69, 9.17) is 11.6 Å². The smallest absolute Gasteiger partial charge is 0.254 e. The molecule has 0 aliphatic rings. The topological polar surface area (TPSA) is 20.3 Å². The zero-order chi connectivity index (χ0) is 12.7. The minimum atomic E-state index is 0.0490. The molecule has 0 atom stereocenters. The fraction of sp³-hybridized carbons (Fsp3) is 0.357. The molecule has 0 unspecified atom stereocenters. The van der Waals surface area contributed by atoms with E-state index in [1.54, 1.807) is 11.0 Å². The molecule has 1 aromatic carbocycles. The van der Waals surface area contributed by atoms with Gasteiger partial charge in [-0.25, -0.2) is 0 Å². The number of hydrogen-bond donors (Lipinski definition) is 0. The minimum Gasteiger partial charge on any atom is -0.335 e. The second-order valence-corrected chi connectivity index (χ2v) is 4.14. The molecule has 0 aliphatic carbocycles. The fourth-order valence-electron chi connectivity index (χ4n) is 1.62. The van der Waals surface area contributed by atoms with Crippen molar-refractivity contribution in [1.29, 1.82) is 0 Å². The van der Waals surface area contributed by atoms with Crippen LogP contribution >= 0.6 is 11.6 Å². The average Bonchev–Trinajstić information content (AvgIpc) is 2.38. The standard InChI is InChI=1S/C14H18ClNO/c1-3-9-16(10-4-2)14(17)13-7-5-12(11-15)6-8-13/h3,5-8H,1,4,9-11H2,2H3. The van der Waals surface area contributed by atoms with Crippen LogP contribution in [0.1, 0.15) is 29.3 Å². The number of carbonyl (C=O) groups is 1. The Hall–Kier alpha value is -1.28. The van der Waals surface area contributed by atoms with Gasteiger partial charge in [0, 0.05) is 24.5 Å². The third-order valence-electron chi connectivity index (χ3n) is 2.49. The first-order chi connectivity index (χ1) is 8.22. The van der Waals surface area contributed by atoms with Crippen molar-refractivity contribution in [1.82, 2.24) is 4.90 Å². The van der Waals surface area contributed by atoms with Gasteiger partial charge in [-0.1, -0.05) is 25.1 Å². The maximum atomic E-state index is 12.2. The van der Waals surface area contributed by atoms with E-state index in [0.29, 0.717) is 18.0 Å². The molecule has 1 rings (SSSR count). The Morgan fingerprint density at radius 2 is 2.06 bits per heavy atom. The number of hydrogen-bond acceptors (Lipinski definition) is 1. The maximum Gasteiger partial charge on any atom is 0.254 e. The molecular weight excluding hydrogens is 234 g/mol. The number of carbonyl (C=O) groups excluding carboxylic acids is 1. The molecule has 1 aromatic rings. The monoisotopic (exact) mass is 251 g/mol. The highest BCUT2D eigenvalue weighted by atomic mass is 35.5. The van der Waals surface area contributed by atoms with Gasteiger partial charge in [0.25, 0.3) is 5.91 Å². The summed E-state index contributed by atoms with van der Waals surface area (Å²) in [6, 6.07) is 7.42. The van der Waals surface area contributed by atoms with Gasteiger partial charge < -0.3 is 4.90 Å². The quantitative estimate of drug-likeness (QED) is 0.560. The lowest BCUT2D eigenvalue weighted by molar-refractivity contribution is 0.0774. The molecular formula is C14H18ClNO. The van der Waals surface area contributed by atoms with E-state index in [0.717, 1.165) is 18.5 Å². The van der Waals surface area contributed by atoms with Crippen molar-refractivity contribution in [2.24, 2.45) is 0 Å². The first-order valence-electron chi connectivity index (χ1n) is 5.78. The van der Waals surface area contributed by atoms with E-state index in [2.05, 4.69) is 13.5 Å². The van der Waals surface area contributed by atoms with Gasteiger partial charge in [-0.3, -0.25) is 4.79 Å². The molecule has 0 N–H and O–H groups in total. The molecule has 0 aliphatic heterocycles. The first-order valence-corrected chi connectivity index (χ1v) is 6.31. The van der Waals surface area contributed by atoms with Crippen molar-refractivity contribution >= 4 is 17.5 Å². The molecule has 0 heterocycles. The van der Waals surface area contributed by atoms with Crippen molar-refractivity contribution in [3.63, 3.8) is 0 Å². The summed E-state index contributed by atoms with van der Waals surface area (Å²) in [4.78, 5) is 14.0. The van der Waals surface area contributed by atoms with Crippen molar-refractivity contribution in [2.75, 3.05) is 13.1 Å². The van der Waals surface area contributed by atoms with Crippen molar-refractivity contribution in [3.05, 3.63) is 48.0 Å². The van der Waals surface area contributed by atoms with E-state index in [9.17, 15) is 4.79 Å². The molecule has 0 aromatic heterocycles. The van der Waals surface area contributed by atoms with Gasteiger partial charge in [-0.2, -0.15) is 0 Å². The second kappa shape index (κ2) is 7.13. The van der Waals surface area contributed by atoms with E-state index < -0.39 is 0 Å². The molecule has 0 saturated heterocycles. The van der Waals surface area contributed by atoms with Crippen molar-refractivity contribution in [2.45, 2.75) is 19.2 Å². The molecule has 17 heavy (non-hydrogen) atoms. The molecule has 0 fully saturated rings. The fourth-order valence-corrected chi connectivity index (χ4v) is 1.80. The number of benzene rings is 1. The highest BCUT2D eigenvalue weighted by molar-refractivity contribution is 6.17. The van der Waals surface area contributed by atoms with Gasteiger partial charge in [-0.05, 0) is 24.1 Å². The zero-order valence-electron chi connectivity index (χ0n) is 10.2. The SMILES string of the molecule is C=CCN(CCC)C(=O)c1ccc(CCl)cc1. The highest BCUT2D eigenvalue weighted by Crippen LogP contribution is 2.10. The molecule has 1 amide bonds. The van der Waals surface area contributed by atoms with Crippen LogP contribution in [0.25, 0.3) is 0 Å². The van der Waals surface area contributed by atoms with Crippen molar-refractivity contribution < 1.29 is 4.79 Å².